The number of carbonyl (C=O) groups excluding carboxylic acids is 1. The Morgan fingerprint density at radius 1 is 1.43 bits per heavy atom. The second kappa shape index (κ2) is 6.79. The van der Waals surface area contributed by atoms with E-state index in [4.69, 9.17) is 5.26 Å². The van der Waals surface area contributed by atoms with Crippen LogP contribution in [0.1, 0.15) is 21.8 Å². The molecule has 120 valence electrons. The first-order chi connectivity index (χ1) is 10.8. The zero-order valence-electron chi connectivity index (χ0n) is 12.1. The van der Waals surface area contributed by atoms with Gasteiger partial charge in [-0.05, 0) is 12.1 Å². The van der Waals surface area contributed by atoms with Crippen molar-refractivity contribution < 1.29 is 18.0 Å². The molecule has 1 aromatic heterocycles. The molecule has 8 heteroatoms. The van der Waals surface area contributed by atoms with Gasteiger partial charge in [0.05, 0.1) is 23.7 Å². The predicted octanol–water partition coefficient (Wildman–Crippen LogP) is 3.81. The average molecular weight is 339 g/mol. The summed E-state index contributed by atoms with van der Waals surface area (Å²) in [5, 5.41) is 10.2. The summed E-state index contributed by atoms with van der Waals surface area (Å²) < 4.78 is 38.2. The Bertz CT molecular complexity index is 749. The van der Waals surface area contributed by atoms with Crippen molar-refractivity contribution in [1.82, 2.24) is 9.88 Å². The van der Waals surface area contributed by atoms with Crippen LogP contribution in [0.4, 0.5) is 13.2 Å². The van der Waals surface area contributed by atoms with E-state index < -0.39 is 11.7 Å². The number of thiazole rings is 1. The van der Waals surface area contributed by atoms with Gasteiger partial charge in [-0.3, -0.25) is 4.79 Å². The molecule has 0 saturated heterocycles. The molecular weight excluding hydrogens is 327 g/mol. The normalized spacial score (nSPS) is 11.1. The van der Waals surface area contributed by atoms with Crippen LogP contribution in [-0.4, -0.2) is 29.4 Å². The van der Waals surface area contributed by atoms with Crippen LogP contribution in [0.3, 0.4) is 0 Å². The molecule has 0 saturated carbocycles. The Morgan fingerprint density at radius 3 is 2.83 bits per heavy atom. The van der Waals surface area contributed by atoms with Crippen LogP contribution in [0.2, 0.25) is 0 Å². The fourth-order valence-corrected chi connectivity index (χ4v) is 2.66. The minimum Gasteiger partial charge on any atom is -0.339 e. The van der Waals surface area contributed by atoms with Crippen molar-refractivity contribution in [1.29, 1.82) is 5.26 Å². The van der Waals surface area contributed by atoms with Gasteiger partial charge in [0.2, 0.25) is 0 Å². The van der Waals surface area contributed by atoms with Crippen molar-refractivity contribution in [3.8, 4) is 17.3 Å². The predicted molar refractivity (Wildman–Crippen MR) is 79.7 cm³/mol. The summed E-state index contributed by atoms with van der Waals surface area (Å²) in [5.41, 5.74) is -0.144. The number of nitrogens with zero attached hydrogens (tertiary/aromatic N) is 3. The van der Waals surface area contributed by atoms with E-state index in [9.17, 15) is 18.0 Å². The van der Waals surface area contributed by atoms with Crippen molar-refractivity contribution in [2.45, 2.75) is 12.6 Å². The number of aromatic nitrogens is 1. The van der Waals surface area contributed by atoms with Crippen LogP contribution >= 0.6 is 11.3 Å². The Morgan fingerprint density at radius 2 is 2.17 bits per heavy atom. The van der Waals surface area contributed by atoms with Gasteiger partial charge < -0.3 is 4.90 Å². The molecule has 2 rings (SSSR count). The summed E-state index contributed by atoms with van der Waals surface area (Å²) in [6, 6.07) is 6.74. The molecule has 1 aromatic carbocycles. The van der Waals surface area contributed by atoms with Gasteiger partial charge in [-0.2, -0.15) is 18.4 Å². The van der Waals surface area contributed by atoms with Crippen LogP contribution in [0.15, 0.2) is 29.6 Å². The molecule has 0 atom stereocenters. The van der Waals surface area contributed by atoms with E-state index in [0.29, 0.717) is 11.3 Å². The lowest BCUT2D eigenvalue weighted by molar-refractivity contribution is -0.137. The fraction of sp³-hybridized carbons (Fsp3) is 0.267. The van der Waals surface area contributed by atoms with Crippen LogP contribution in [0.25, 0.3) is 11.3 Å². The van der Waals surface area contributed by atoms with E-state index in [0.717, 1.165) is 23.5 Å². The Labute approximate surface area is 134 Å². The highest BCUT2D eigenvalue weighted by molar-refractivity contribution is 7.12. The monoisotopic (exact) mass is 339 g/mol. The molecule has 0 spiro atoms. The highest BCUT2D eigenvalue weighted by atomic mass is 32.1. The molecule has 0 aliphatic heterocycles. The number of alkyl halides is 3. The number of nitriles is 1. The lowest BCUT2D eigenvalue weighted by Crippen LogP contribution is -2.27. The Kier molecular flexibility index (Phi) is 5.01. The zero-order valence-corrected chi connectivity index (χ0v) is 12.9. The standard InChI is InChI=1S/C15H12F3N3OS/c1-21(7-3-6-19)14(22)13-20-12(9-23-13)10-4-2-5-11(8-10)15(16,17)18/h2,4-5,8-9H,3,7H2,1H3. The quantitative estimate of drug-likeness (QED) is 0.851. The van der Waals surface area contributed by atoms with E-state index in [1.807, 2.05) is 6.07 Å². The third-order valence-corrected chi connectivity index (χ3v) is 3.91. The van der Waals surface area contributed by atoms with Crippen LogP contribution in [0.5, 0.6) is 0 Å². The topological polar surface area (TPSA) is 57.0 Å². The fourth-order valence-electron chi connectivity index (χ4n) is 1.84. The summed E-state index contributed by atoms with van der Waals surface area (Å²) in [7, 11) is 1.55. The molecule has 1 heterocycles. The van der Waals surface area contributed by atoms with E-state index in [-0.39, 0.29) is 23.9 Å². The highest BCUT2D eigenvalue weighted by Crippen LogP contribution is 2.32. The summed E-state index contributed by atoms with van der Waals surface area (Å²) in [6.45, 7) is 0.272. The number of hydrogen-bond donors (Lipinski definition) is 0. The molecule has 0 bridgehead atoms. The number of benzene rings is 1. The lowest BCUT2D eigenvalue weighted by Gasteiger charge is -2.12. The average Bonchev–Trinajstić information content (AvgIpc) is 3.01. The minimum absolute atomic E-state index is 0.179. The molecule has 0 N–H and O–H groups in total. The van der Waals surface area contributed by atoms with Crippen molar-refractivity contribution in [3.05, 3.63) is 40.2 Å². The second-order valence-corrected chi connectivity index (χ2v) is 5.61. The number of rotatable bonds is 4. The van der Waals surface area contributed by atoms with E-state index in [1.54, 1.807) is 12.4 Å². The molecule has 0 fully saturated rings. The van der Waals surface area contributed by atoms with E-state index in [1.165, 1.54) is 17.0 Å². The van der Waals surface area contributed by atoms with Gasteiger partial charge in [0.1, 0.15) is 0 Å². The van der Waals surface area contributed by atoms with E-state index in [2.05, 4.69) is 4.98 Å². The van der Waals surface area contributed by atoms with Crippen molar-refractivity contribution in [3.63, 3.8) is 0 Å². The van der Waals surface area contributed by atoms with Gasteiger partial charge in [0.15, 0.2) is 5.01 Å². The van der Waals surface area contributed by atoms with Crippen LogP contribution < -0.4 is 0 Å². The lowest BCUT2D eigenvalue weighted by atomic mass is 10.1. The first-order valence-corrected chi connectivity index (χ1v) is 7.46. The molecule has 0 unspecified atom stereocenters. The maximum absolute atomic E-state index is 12.7. The van der Waals surface area contributed by atoms with Gasteiger partial charge >= 0.3 is 6.18 Å². The molecule has 23 heavy (non-hydrogen) atoms. The Hall–Kier alpha value is -2.40. The van der Waals surface area contributed by atoms with Gasteiger partial charge in [-0.15, -0.1) is 11.3 Å². The first kappa shape index (κ1) is 17.0. The number of carbonyl (C=O) groups is 1. The molecule has 0 aliphatic carbocycles. The summed E-state index contributed by atoms with van der Waals surface area (Å²) in [4.78, 5) is 17.6. The molecule has 0 radical (unpaired) electrons. The summed E-state index contributed by atoms with van der Waals surface area (Å²) >= 11 is 1.06. The third-order valence-electron chi connectivity index (χ3n) is 3.08. The SMILES string of the molecule is CN(CCC#N)C(=O)c1nc(-c2cccc(C(F)(F)F)c2)cs1. The molecule has 2 aromatic rings. The minimum atomic E-state index is -4.43. The number of amides is 1. The van der Waals surface area contributed by atoms with Crippen LogP contribution in [-0.2, 0) is 6.18 Å². The van der Waals surface area contributed by atoms with Gasteiger partial charge in [0.25, 0.3) is 5.91 Å². The first-order valence-electron chi connectivity index (χ1n) is 6.58. The number of hydrogen-bond acceptors (Lipinski definition) is 4. The highest BCUT2D eigenvalue weighted by Gasteiger charge is 2.30. The maximum Gasteiger partial charge on any atom is 0.416 e. The molecular formula is C15H12F3N3OS. The van der Waals surface area contributed by atoms with Gasteiger partial charge in [0, 0.05) is 24.5 Å². The third kappa shape index (κ3) is 4.07. The second-order valence-electron chi connectivity index (χ2n) is 4.75. The van der Waals surface area contributed by atoms with Gasteiger partial charge in [-0.1, -0.05) is 12.1 Å². The van der Waals surface area contributed by atoms with Crippen molar-refractivity contribution in [2.75, 3.05) is 13.6 Å². The van der Waals surface area contributed by atoms with Gasteiger partial charge in [-0.25, -0.2) is 4.98 Å². The van der Waals surface area contributed by atoms with Crippen LogP contribution in [0, 0.1) is 11.3 Å². The largest absolute Gasteiger partial charge is 0.416 e. The number of halogens is 3. The molecule has 4 nitrogen and oxygen atoms in total. The van der Waals surface area contributed by atoms with E-state index >= 15 is 0 Å². The van der Waals surface area contributed by atoms with Crippen molar-refractivity contribution in [2.24, 2.45) is 0 Å². The van der Waals surface area contributed by atoms with Crippen molar-refractivity contribution >= 4 is 17.2 Å². The summed E-state index contributed by atoms with van der Waals surface area (Å²) in [6.07, 6.45) is -4.23. The summed E-state index contributed by atoms with van der Waals surface area (Å²) in [5.74, 6) is -0.358. The zero-order chi connectivity index (χ0) is 17.0. The molecule has 1 amide bonds. The Balaban J connectivity index is 2.23. The maximum atomic E-state index is 12.7. The smallest absolute Gasteiger partial charge is 0.339 e. The molecule has 0 aliphatic rings.